The average molecular weight is 326 g/mol. The molecule has 0 atom stereocenters. The molecule has 1 amide bonds. The zero-order valence-electron chi connectivity index (χ0n) is 13.0. The SMILES string of the molecule is Cc1c(C(=O)NCc2ccncc2)c(C(F)(F)F)nn1C(C)C. The van der Waals surface area contributed by atoms with Crippen LogP contribution in [0.25, 0.3) is 0 Å². The van der Waals surface area contributed by atoms with Crippen molar-refractivity contribution in [3.63, 3.8) is 0 Å². The zero-order chi connectivity index (χ0) is 17.2. The second-order valence-electron chi connectivity index (χ2n) is 5.38. The Morgan fingerprint density at radius 1 is 1.30 bits per heavy atom. The minimum absolute atomic E-state index is 0.116. The molecule has 0 saturated carbocycles. The fourth-order valence-electron chi connectivity index (χ4n) is 2.26. The Morgan fingerprint density at radius 3 is 2.43 bits per heavy atom. The van der Waals surface area contributed by atoms with Crippen LogP contribution in [0.15, 0.2) is 24.5 Å². The van der Waals surface area contributed by atoms with Crippen LogP contribution < -0.4 is 5.32 Å². The molecule has 0 radical (unpaired) electrons. The highest BCUT2D eigenvalue weighted by Gasteiger charge is 2.40. The van der Waals surface area contributed by atoms with Crippen LogP contribution in [0.2, 0.25) is 0 Å². The number of carbonyl (C=O) groups is 1. The van der Waals surface area contributed by atoms with Crippen molar-refractivity contribution in [2.24, 2.45) is 0 Å². The van der Waals surface area contributed by atoms with Crippen molar-refractivity contribution >= 4 is 5.91 Å². The molecule has 5 nitrogen and oxygen atoms in total. The molecule has 2 heterocycles. The van der Waals surface area contributed by atoms with Gasteiger partial charge in [0.25, 0.3) is 5.91 Å². The highest BCUT2D eigenvalue weighted by Crippen LogP contribution is 2.33. The van der Waals surface area contributed by atoms with Crippen molar-refractivity contribution < 1.29 is 18.0 Å². The molecule has 0 spiro atoms. The van der Waals surface area contributed by atoms with Crippen molar-refractivity contribution in [3.05, 3.63) is 47.0 Å². The summed E-state index contributed by atoms with van der Waals surface area (Å²) in [4.78, 5) is 16.1. The molecule has 0 fully saturated rings. The molecule has 8 heteroatoms. The summed E-state index contributed by atoms with van der Waals surface area (Å²) in [6.07, 6.45) is -1.59. The Kier molecular flexibility index (Phi) is 4.72. The fourth-order valence-corrected chi connectivity index (χ4v) is 2.26. The molecule has 0 aliphatic heterocycles. The smallest absolute Gasteiger partial charge is 0.348 e. The maximum atomic E-state index is 13.2. The van der Waals surface area contributed by atoms with Crippen molar-refractivity contribution in [1.82, 2.24) is 20.1 Å². The molecular formula is C15H17F3N4O. The van der Waals surface area contributed by atoms with E-state index in [0.29, 0.717) is 0 Å². The van der Waals surface area contributed by atoms with E-state index >= 15 is 0 Å². The van der Waals surface area contributed by atoms with Crippen LogP contribution in [-0.2, 0) is 12.7 Å². The van der Waals surface area contributed by atoms with E-state index in [0.717, 1.165) is 5.56 Å². The van der Waals surface area contributed by atoms with Crippen LogP contribution in [0.1, 0.15) is 47.2 Å². The second kappa shape index (κ2) is 6.39. The Morgan fingerprint density at radius 2 is 1.91 bits per heavy atom. The van der Waals surface area contributed by atoms with E-state index in [4.69, 9.17) is 0 Å². The van der Waals surface area contributed by atoms with E-state index < -0.39 is 23.3 Å². The fraction of sp³-hybridized carbons (Fsp3) is 0.400. The number of hydrogen-bond acceptors (Lipinski definition) is 3. The summed E-state index contributed by atoms with van der Waals surface area (Å²) in [6, 6.07) is 3.07. The molecule has 2 aromatic heterocycles. The van der Waals surface area contributed by atoms with Crippen LogP contribution in [0.4, 0.5) is 13.2 Å². The standard InChI is InChI=1S/C15H17F3N4O/c1-9(2)22-10(3)12(13(21-22)15(16,17)18)14(23)20-8-11-4-6-19-7-5-11/h4-7,9H,8H2,1-3H3,(H,20,23). The first-order valence-corrected chi connectivity index (χ1v) is 7.05. The van der Waals surface area contributed by atoms with E-state index in [2.05, 4.69) is 15.4 Å². The van der Waals surface area contributed by atoms with Gasteiger partial charge in [-0.2, -0.15) is 18.3 Å². The first kappa shape index (κ1) is 17.0. The molecule has 0 saturated heterocycles. The summed E-state index contributed by atoms with van der Waals surface area (Å²) in [5.74, 6) is -0.793. The molecule has 124 valence electrons. The van der Waals surface area contributed by atoms with Crippen LogP contribution in [0, 0.1) is 6.92 Å². The van der Waals surface area contributed by atoms with E-state index in [1.54, 1.807) is 38.4 Å². The first-order valence-electron chi connectivity index (χ1n) is 7.05. The second-order valence-corrected chi connectivity index (χ2v) is 5.38. The third kappa shape index (κ3) is 3.69. The van der Waals surface area contributed by atoms with Gasteiger partial charge < -0.3 is 5.32 Å². The molecule has 2 aromatic rings. The van der Waals surface area contributed by atoms with Crippen molar-refractivity contribution in [3.8, 4) is 0 Å². The molecule has 2 rings (SSSR count). The predicted molar refractivity (Wildman–Crippen MR) is 77.8 cm³/mol. The minimum Gasteiger partial charge on any atom is -0.348 e. The summed E-state index contributed by atoms with van der Waals surface area (Å²) in [7, 11) is 0. The normalized spacial score (nSPS) is 11.8. The Labute approximate surface area is 131 Å². The van der Waals surface area contributed by atoms with E-state index in [9.17, 15) is 18.0 Å². The number of nitrogens with zero attached hydrogens (tertiary/aromatic N) is 3. The molecule has 23 heavy (non-hydrogen) atoms. The zero-order valence-corrected chi connectivity index (χ0v) is 13.0. The number of pyridine rings is 1. The summed E-state index contributed by atoms with van der Waals surface area (Å²) in [5.41, 5.74) is -0.647. The molecule has 0 unspecified atom stereocenters. The number of alkyl halides is 3. The van der Waals surface area contributed by atoms with Gasteiger partial charge in [0.15, 0.2) is 5.69 Å². The number of aromatic nitrogens is 3. The number of nitrogens with one attached hydrogen (secondary N) is 1. The van der Waals surface area contributed by atoms with Gasteiger partial charge in [-0.3, -0.25) is 14.5 Å². The van der Waals surface area contributed by atoms with E-state index in [-0.39, 0.29) is 18.3 Å². The van der Waals surface area contributed by atoms with Crippen LogP contribution in [-0.4, -0.2) is 20.7 Å². The largest absolute Gasteiger partial charge is 0.435 e. The molecule has 0 aliphatic rings. The van der Waals surface area contributed by atoms with Crippen molar-refractivity contribution in [2.45, 2.75) is 39.5 Å². The van der Waals surface area contributed by atoms with Gasteiger partial charge in [0.1, 0.15) is 0 Å². The number of hydrogen-bond donors (Lipinski definition) is 1. The molecule has 1 N–H and O–H groups in total. The van der Waals surface area contributed by atoms with Crippen molar-refractivity contribution in [2.75, 3.05) is 0 Å². The van der Waals surface area contributed by atoms with Crippen LogP contribution >= 0.6 is 0 Å². The molecular weight excluding hydrogens is 309 g/mol. The maximum Gasteiger partial charge on any atom is 0.435 e. The summed E-state index contributed by atoms with van der Waals surface area (Å²) in [5, 5.41) is 6.08. The molecule has 0 bridgehead atoms. The Hall–Kier alpha value is -2.38. The number of carbonyl (C=O) groups excluding carboxylic acids is 1. The van der Waals surface area contributed by atoms with E-state index in [1.807, 2.05) is 0 Å². The lowest BCUT2D eigenvalue weighted by Crippen LogP contribution is -2.26. The van der Waals surface area contributed by atoms with Crippen LogP contribution in [0.5, 0.6) is 0 Å². The summed E-state index contributed by atoms with van der Waals surface area (Å²) in [6.45, 7) is 4.99. The molecule has 0 aliphatic carbocycles. The van der Waals surface area contributed by atoms with Gasteiger partial charge >= 0.3 is 6.18 Å². The topological polar surface area (TPSA) is 59.8 Å². The predicted octanol–water partition coefficient (Wildman–Crippen LogP) is 3.12. The Bertz CT molecular complexity index is 693. The lowest BCUT2D eigenvalue weighted by molar-refractivity contribution is -0.141. The highest BCUT2D eigenvalue weighted by molar-refractivity contribution is 5.96. The van der Waals surface area contributed by atoms with Gasteiger partial charge in [-0.05, 0) is 38.5 Å². The van der Waals surface area contributed by atoms with Crippen LogP contribution in [0.3, 0.4) is 0 Å². The minimum atomic E-state index is -4.69. The van der Waals surface area contributed by atoms with Gasteiger partial charge in [-0.15, -0.1) is 0 Å². The number of amides is 1. The summed E-state index contributed by atoms with van der Waals surface area (Å²) >= 11 is 0. The van der Waals surface area contributed by atoms with Gasteiger partial charge in [0.2, 0.25) is 0 Å². The maximum absolute atomic E-state index is 13.2. The van der Waals surface area contributed by atoms with Gasteiger partial charge in [0.05, 0.1) is 5.56 Å². The number of rotatable bonds is 4. The quantitative estimate of drug-likeness (QED) is 0.939. The van der Waals surface area contributed by atoms with Crippen molar-refractivity contribution in [1.29, 1.82) is 0 Å². The molecule has 0 aromatic carbocycles. The Balaban J connectivity index is 2.31. The van der Waals surface area contributed by atoms with Gasteiger partial charge in [-0.1, -0.05) is 0 Å². The lowest BCUT2D eigenvalue weighted by atomic mass is 10.1. The number of halogens is 3. The van der Waals surface area contributed by atoms with E-state index in [1.165, 1.54) is 11.6 Å². The first-order chi connectivity index (χ1) is 10.7. The average Bonchev–Trinajstić information content (AvgIpc) is 2.84. The monoisotopic (exact) mass is 326 g/mol. The third-order valence-corrected chi connectivity index (χ3v) is 3.34. The third-order valence-electron chi connectivity index (χ3n) is 3.34. The highest BCUT2D eigenvalue weighted by atomic mass is 19.4. The van der Waals surface area contributed by atoms with Gasteiger partial charge in [-0.25, -0.2) is 0 Å². The summed E-state index contributed by atoms with van der Waals surface area (Å²) < 4.78 is 40.7. The van der Waals surface area contributed by atoms with Gasteiger partial charge in [0, 0.05) is 30.7 Å². The lowest BCUT2D eigenvalue weighted by Gasteiger charge is -2.09.